The minimum Gasteiger partial charge on any atom is -0.462 e. The summed E-state index contributed by atoms with van der Waals surface area (Å²) in [5.74, 6) is 3.23. The molecule has 0 radical (unpaired) electrons. The van der Waals surface area contributed by atoms with Gasteiger partial charge in [-0.05, 0) is 163 Å². The Kier molecular flexibility index (Phi) is 15.1. The molecular weight excluding hydrogens is 729 g/mol. The lowest BCUT2D eigenvalue weighted by Gasteiger charge is -2.56. The van der Waals surface area contributed by atoms with Gasteiger partial charge < -0.3 is 29.2 Å². The number of carbonyl (C=O) groups is 2. The summed E-state index contributed by atoms with van der Waals surface area (Å²) >= 11 is 0. The molecule has 0 aromatic carbocycles. The molecule has 0 aliphatic heterocycles. The van der Waals surface area contributed by atoms with Gasteiger partial charge in [0.1, 0.15) is 25.4 Å². The molecule has 0 saturated heterocycles. The van der Waals surface area contributed by atoms with E-state index in [2.05, 4.69) is 55.4 Å². The standard InChI is InChI=1S/C50H82O8/c1-33(2)35-13-17-41-37(27-35)15-19-43-47(41,5)21-11-23-49(43,7)45(53)57-31-39(51)29-55-25-9-10-26-56-30-40(52)32-58-46(54)50(8)24-12-22-48(6)42-18-14-36(34(3)4)28-38(42)16-20-44(48)50/h33-36,39-40,43-44,51-52H,9-32H2,1-8H3. The molecule has 0 bridgehead atoms. The van der Waals surface area contributed by atoms with E-state index in [9.17, 15) is 19.8 Å². The monoisotopic (exact) mass is 811 g/mol. The van der Waals surface area contributed by atoms with Crippen LogP contribution in [0.25, 0.3) is 0 Å². The molecule has 2 saturated carbocycles. The molecule has 10 unspecified atom stereocenters. The van der Waals surface area contributed by atoms with Gasteiger partial charge >= 0.3 is 11.9 Å². The number of allylic oxidation sites excluding steroid dienone is 4. The van der Waals surface area contributed by atoms with Crippen molar-refractivity contribution in [2.45, 2.75) is 183 Å². The van der Waals surface area contributed by atoms with E-state index in [1.165, 1.54) is 38.5 Å². The predicted octanol–water partition coefficient (Wildman–Crippen LogP) is 10.3. The third kappa shape index (κ3) is 9.50. The van der Waals surface area contributed by atoms with Crippen LogP contribution in [0.15, 0.2) is 22.3 Å². The van der Waals surface area contributed by atoms with Gasteiger partial charge in [-0.3, -0.25) is 9.59 Å². The average molecular weight is 811 g/mol. The Balaban J connectivity index is 0.841. The summed E-state index contributed by atoms with van der Waals surface area (Å²) in [7, 11) is 0. The molecule has 0 spiro atoms. The van der Waals surface area contributed by atoms with Gasteiger partial charge in [0.25, 0.3) is 0 Å². The Morgan fingerprint density at radius 3 is 1.36 bits per heavy atom. The molecule has 6 aliphatic carbocycles. The van der Waals surface area contributed by atoms with Crippen molar-refractivity contribution in [1.29, 1.82) is 0 Å². The second kappa shape index (κ2) is 19.1. The zero-order chi connectivity index (χ0) is 41.9. The van der Waals surface area contributed by atoms with E-state index < -0.39 is 23.0 Å². The van der Waals surface area contributed by atoms with E-state index in [0.717, 1.165) is 101 Å². The fourth-order valence-corrected chi connectivity index (χ4v) is 13.6. The van der Waals surface area contributed by atoms with Crippen LogP contribution in [0.1, 0.15) is 171 Å². The first kappa shape index (κ1) is 45.8. The van der Waals surface area contributed by atoms with Gasteiger partial charge in [-0.15, -0.1) is 0 Å². The zero-order valence-corrected chi connectivity index (χ0v) is 37.9. The largest absolute Gasteiger partial charge is 0.462 e. The van der Waals surface area contributed by atoms with Gasteiger partial charge in [-0.2, -0.15) is 0 Å². The van der Waals surface area contributed by atoms with E-state index in [1.807, 2.05) is 0 Å². The Bertz CT molecular complexity index is 1390. The van der Waals surface area contributed by atoms with E-state index in [0.29, 0.717) is 13.2 Å². The number of aliphatic hydroxyl groups excluding tert-OH is 2. The fourth-order valence-electron chi connectivity index (χ4n) is 13.6. The maximum atomic E-state index is 13.7. The molecule has 2 fully saturated rings. The lowest BCUT2D eigenvalue weighted by molar-refractivity contribution is -0.171. The number of esters is 2. The van der Waals surface area contributed by atoms with Gasteiger partial charge in [-0.1, -0.05) is 76.7 Å². The highest BCUT2D eigenvalue weighted by Crippen LogP contribution is 2.64. The van der Waals surface area contributed by atoms with Crippen LogP contribution in [0.4, 0.5) is 0 Å². The number of unbranched alkanes of at least 4 members (excludes halogenated alkanes) is 1. The number of rotatable bonds is 17. The topological polar surface area (TPSA) is 112 Å². The molecule has 0 aromatic heterocycles. The van der Waals surface area contributed by atoms with Crippen molar-refractivity contribution in [3.8, 4) is 0 Å². The minimum absolute atomic E-state index is 0.0512. The Hall–Kier alpha value is -1.74. The first-order chi connectivity index (χ1) is 27.5. The van der Waals surface area contributed by atoms with Crippen LogP contribution in [0.3, 0.4) is 0 Å². The summed E-state index contributed by atoms with van der Waals surface area (Å²) in [6, 6.07) is 0. The maximum absolute atomic E-state index is 13.7. The molecule has 0 amide bonds. The van der Waals surface area contributed by atoms with Crippen molar-refractivity contribution in [3.63, 3.8) is 0 Å². The lowest BCUT2D eigenvalue weighted by atomic mass is 9.48. The molecule has 2 N–H and O–H groups in total. The summed E-state index contributed by atoms with van der Waals surface area (Å²) in [4.78, 5) is 27.4. The molecule has 10 atom stereocenters. The van der Waals surface area contributed by atoms with Crippen LogP contribution in [-0.4, -0.2) is 74.0 Å². The highest BCUT2D eigenvalue weighted by atomic mass is 16.6. The first-order valence-electron chi connectivity index (χ1n) is 23.8. The maximum Gasteiger partial charge on any atom is 0.312 e. The fraction of sp³-hybridized carbons (Fsp3) is 0.880. The smallest absolute Gasteiger partial charge is 0.312 e. The molecule has 0 aromatic rings. The minimum atomic E-state index is -0.870. The quantitative estimate of drug-likeness (QED) is 0.0849. The number of hydrogen-bond acceptors (Lipinski definition) is 8. The Morgan fingerprint density at radius 2 is 0.983 bits per heavy atom. The summed E-state index contributed by atoms with van der Waals surface area (Å²) in [6.45, 7) is 19.5. The van der Waals surface area contributed by atoms with Crippen LogP contribution in [0.5, 0.6) is 0 Å². The number of hydrogen-bond donors (Lipinski definition) is 2. The first-order valence-corrected chi connectivity index (χ1v) is 23.8. The number of carbonyl (C=O) groups excluding carboxylic acids is 2. The molecule has 8 heteroatoms. The van der Waals surface area contributed by atoms with E-state index in [4.69, 9.17) is 18.9 Å². The third-order valence-corrected chi connectivity index (χ3v) is 17.2. The molecule has 8 nitrogen and oxygen atoms in total. The number of ether oxygens (including phenoxy) is 4. The molecule has 6 rings (SSSR count). The molecule has 6 aliphatic rings. The molecule has 58 heavy (non-hydrogen) atoms. The van der Waals surface area contributed by atoms with Gasteiger partial charge in [0.05, 0.1) is 24.0 Å². The second-order valence-corrected chi connectivity index (χ2v) is 21.6. The normalized spacial score (nSPS) is 36.1. The lowest BCUT2D eigenvalue weighted by Crippen LogP contribution is -2.52. The molecule has 0 heterocycles. The van der Waals surface area contributed by atoms with Crippen molar-refractivity contribution in [1.82, 2.24) is 0 Å². The highest BCUT2D eigenvalue weighted by Gasteiger charge is 2.58. The Morgan fingerprint density at radius 1 is 0.586 bits per heavy atom. The molecular formula is C50H82O8. The zero-order valence-electron chi connectivity index (χ0n) is 37.9. The third-order valence-electron chi connectivity index (χ3n) is 17.2. The van der Waals surface area contributed by atoms with E-state index in [1.54, 1.807) is 22.3 Å². The SMILES string of the molecule is CC(C)C1CCC2=C(CCC3C(C)(C(=O)OCC(O)COCCCCOCC(O)COC(=O)C4(C)CCCC5(C)C6=C(CCC45)CC(C(C)C)CC6)CCCC23C)C1. The van der Waals surface area contributed by atoms with Crippen molar-refractivity contribution in [2.24, 2.45) is 57.2 Å². The Labute approximate surface area is 352 Å². The van der Waals surface area contributed by atoms with Gasteiger partial charge in [0.2, 0.25) is 0 Å². The number of aliphatic hydroxyl groups is 2. The van der Waals surface area contributed by atoms with Crippen molar-refractivity contribution in [3.05, 3.63) is 22.3 Å². The van der Waals surface area contributed by atoms with Crippen LogP contribution >= 0.6 is 0 Å². The van der Waals surface area contributed by atoms with Crippen LogP contribution in [-0.2, 0) is 28.5 Å². The van der Waals surface area contributed by atoms with Crippen molar-refractivity contribution >= 4 is 11.9 Å². The predicted molar refractivity (Wildman–Crippen MR) is 229 cm³/mol. The van der Waals surface area contributed by atoms with Gasteiger partial charge in [-0.25, -0.2) is 0 Å². The second-order valence-electron chi connectivity index (χ2n) is 21.6. The summed E-state index contributed by atoms with van der Waals surface area (Å²) in [6.07, 6.45) is 17.4. The van der Waals surface area contributed by atoms with Crippen molar-refractivity contribution < 1.29 is 38.7 Å². The summed E-state index contributed by atoms with van der Waals surface area (Å²) in [5, 5.41) is 21.2. The van der Waals surface area contributed by atoms with Crippen LogP contribution in [0.2, 0.25) is 0 Å². The number of fused-ring (bicyclic) bond motifs is 4. The van der Waals surface area contributed by atoms with Crippen LogP contribution in [0, 0.1) is 57.2 Å². The van der Waals surface area contributed by atoms with Gasteiger partial charge in [0, 0.05) is 13.2 Å². The summed E-state index contributed by atoms with van der Waals surface area (Å²) < 4.78 is 23.1. The van der Waals surface area contributed by atoms with E-state index >= 15 is 0 Å². The van der Waals surface area contributed by atoms with Gasteiger partial charge in [0.15, 0.2) is 0 Å². The van der Waals surface area contributed by atoms with Crippen LogP contribution < -0.4 is 0 Å². The summed E-state index contributed by atoms with van der Waals surface area (Å²) in [5.41, 5.74) is 5.74. The van der Waals surface area contributed by atoms with Crippen molar-refractivity contribution in [2.75, 3.05) is 39.6 Å². The molecule has 330 valence electrons. The highest BCUT2D eigenvalue weighted by molar-refractivity contribution is 5.78. The average Bonchev–Trinajstić information content (AvgIpc) is 3.19. The van der Waals surface area contributed by atoms with E-state index in [-0.39, 0.29) is 61.0 Å².